The summed E-state index contributed by atoms with van der Waals surface area (Å²) in [4.78, 5) is 0. The highest BCUT2D eigenvalue weighted by atomic mass is 32.1. The molecule has 23 heavy (non-hydrogen) atoms. The fourth-order valence-corrected chi connectivity index (χ4v) is 5.83. The zero-order valence-corrected chi connectivity index (χ0v) is 14.7. The van der Waals surface area contributed by atoms with Crippen LogP contribution in [-0.2, 0) is 12.6 Å². The van der Waals surface area contributed by atoms with E-state index in [0.717, 1.165) is 0 Å². The second kappa shape index (κ2) is 8.44. The van der Waals surface area contributed by atoms with Crippen molar-refractivity contribution in [1.29, 1.82) is 5.26 Å². The molecular weight excluding hydrogens is 317 g/mol. The summed E-state index contributed by atoms with van der Waals surface area (Å²) in [6.07, 6.45) is 0. The molecule has 0 fully saturated rings. The van der Waals surface area contributed by atoms with E-state index in [1.807, 2.05) is 0 Å². The van der Waals surface area contributed by atoms with Crippen molar-refractivity contribution in [2.45, 2.75) is 0 Å². The van der Waals surface area contributed by atoms with Crippen molar-refractivity contribution in [1.82, 2.24) is 0 Å². The molecule has 3 rings (SSSR count). The van der Waals surface area contributed by atoms with Gasteiger partial charge in [0.15, 0.2) is 0 Å². The van der Waals surface area contributed by atoms with Gasteiger partial charge < -0.3 is 12.6 Å². The van der Waals surface area contributed by atoms with Crippen LogP contribution in [0.15, 0.2) is 91.0 Å². The van der Waals surface area contributed by atoms with E-state index in [0.29, 0.717) is 0 Å². The second-order valence-electron chi connectivity index (χ2n) is 5.10. The topological polar surface area (TPSA) is 23.8 Å². The Morgan fingerprint density at radius 3 is 1.09 bits per heavy atom. The van der Waals surface area contributed by atoms with Gasteiger partial charge in [-0.2, -0.15) is 0 Å². The van der Waals surface area contributed by atoms with Crippen LogP contribution in [0.25, 0.3) is 0 Å². The molecule has 114 valence electrons. The summed E-state index contributed by atoms with van der Waals surface area (Å²) in [5.74, 6) is 0. The molecule has 0 radical (unpaired) electrons. The Hall–Kier alpha value is -2.20. The molecule has 3 aromatic rings. The molecule has 0 aromatic heterocycles. The molecule has 0 saturated heterocycles. The van der Waals surface area contributed by atoms with Gasteiger partial charge in [0.05, 0.1) is 6.66 Å². The molecule has 0 unspecified atom stereocenters. The Kier molecular flexibility index (Phi) is 6.29. The van der Waals surface area contributed by atoms with E-state index in [1.54, 1.807) is 0 Å². The van der Waals surface area contributed by atoms with E-state index >= 15 is 0 Å². The monoisotopic (exact) mass is 335 g/mol. The zero-order chi connectivity index (χ0) is 16.5. The zero-order valence-electron chi connectivity index (χ0n) is 13.0. The van der Waals surface area contributed by atoms with Gasteiger partial charge in [-0.1, -0.05) is 60.0 Å². The quantitative estimate of drug-likeness (QED) is 0.415. The minimum absolute atomic E-state index is 1.33. The Labute approximate surface area is 144 Å². The summed E-state index contributed by atoms with van der Waals surface area (Å²) >= 11 is 3.70. The first kappa shape index (κ1) is 17.2. The summed E-state index contributed by atoms with van der Waals surface area (Å²) in [7, 11) is -1.53. The van der Waals surface area contributed by atoms with E-state index in [9.17, 15) is 0 Å². The number of hydrogen-bond donors (Lipinski definition) is 0. The number of nitrogens with zero attached hydrogens (tertiary/aromatic N) is 1. The van der Waals surface area contributed by atoms with Gasteiger partial charge in [0.25, 0.3) is 0 Å². The maximum Gasteiger partial charge on any atom is 0.109 e. The lowest BCUT2D eigenvalue weighted by Gasteiger charge is -2.22. The fraction of sp³-hybridized carbons (Fsp3) is 0.0500. The number of nitriles is 1. The molecule has 0 heterocycles. The molecule has 0 bridgehead atoms. The third-order valence-corrected chi connectivity index (χ3v) is 7.81. The SMILES string of the molecule is C[P+](c1ccccc1)(c1ccccc1)c1ccccc1.N#C[S-]. The molecule has 0 aliphatic heterocycles. The Morgan fingerprint density at radius 2 is 0.870 bits per heavy atom. The lowest BCUT2D eigenvalue weighted by molar-refractivity contribution is 1.57. The van der Waals surface area contributed by atoms with Gasteiger partial charge in [-0.25, -0.2) is 5.26 Å². The first-order valence-electron chi connectivity index (χ1n) is 7.28. The summed E-state index contributed by atoms with van der Waals surface area (Å²) < 4.78 is 0. The van der Waals surface area contributed by atoms with Crippen LogP contribution in [0.2, 0.25) is 0 Å². The molecule has 3 aromatic carbocycles. The summed E-state index contributed by atoms with van der Waals surface area (Å²) in [6, 6.07) is 32.6. The minimum Gasteiger partial charge on any atom is -0.696 e. The van der Waals surface area contributed by atoms with Crippen molar-refractivity contribution < 1.29 is 0 Å². The predicted molar refractivity (Wildman–Crippen MR) is 104 cm³/mol. The van der Waals surface area contributed by atoms with Crippen LogP contribution >= 0.6 is 7.26 Å². The maximum atomic E-state index is 7.13. The molecule has 0 aliphatic rings. The maximum absolute atomic E-state index is 7.13. The van der Waals surface area contributed by atoms with Crippen LogP contribution in [0.5, 0.6) is 0 Å². The predicted octanol–water partition coefficient (Wildman–Crippen LogP) is 3.62. The minimum atomic E-state index is -1.53. The Morgan fingerprint density at radius 1 is 0.652 bits per heavy atom. The van der Waals surface area contributed by atoms with Crippen molar-refractivity contribution in [2.24, 2.45) is 0 Å². The van der Waals surface area contributed by atoms with Crippen LogP contribution in [0.4, 0.5) is 0 Å². The van der Waals surface area contributed by atoms with Crippen molar-refractivity contribution >= 4 is 35.8 Å². The third-order valence-electron chi connectivity index (χ3n) is 3.82. The van der Waals surface area contributed by atoms with Crippen molar-refractivity contribution in [3.8, 4) is 5.40 Å². The fourth-order valence-electron chi connectivity index (χ4n) is 2.63. The van der Waals surface area contributed by atoms with Crippen LogP contribution in [0.3, 0.4) is 0 Å². The first-order valence-corrected chi connectivity index (χ1v) is 9.92. The van der Waals surface area contributed by atoms with Gasteiger partial charge in [-0.05, 0) is 36.4 Å². The van der Waals surface area contributed by atoms with E-state index in [4.69, 9.17) is 5.26 Å². The number of hydrogen-bond acceptors (Lipinski definition) is 2. The first-order chi connectivity index (χ1) is 11.2. The largest absolute Gasteiger partial charge is 0.696 e. The molecule has 0 saturated carbocycles. The van der Waals surface area contributed by atoms with Gasteiger partial charge in [-0.3, -0.25) is 0 Å². The van der Waals surface area contributed by atoms with Crippen molar-refractivity contribution in [2.75, 3.05) is 6.66 Å². The molecule has 3 heteroatoms. The molecule has 0 spiro atoms. The second-order valence-corrected chi connectivity index (χ2v) is 8.85. The molecule has 0 atom stereocenters. The number of rotatable bonds is 3. The van der Waals surface area contributed by atoms with Gasteiger partial charge in [0.1, 0.15) is 23.2 Å². The molecule has 0 aliphatic carbocycles. The molecule has 1 nitrogen and oxygen atoms in total. The number of benzene rings is 3. The van der Waals surface area contributed by atoms with Crippen LogP contribution in [0, 0.1) is 10.7 Å². The average molecular weight is 335 g/mol. The Bertz CT molecular complexity index is 655. The van der Waals surface area contributed by atoms with Crippen LogP contribution in [0.1, 0.15) is 0 Å². The van der Waals surface area contributed by atoms with Crippen LogP contribution < -0.4 is 15.9 Å². The number of thiocyanates is 1. The highest BCUT2D eigenvalue weighted by Crippen LogP contribution is 2.51. The van der Waals surface area contributed by atoms with Crippen LogP contribution in [-0.4, -0.2) is 6.66 Å². The smallest absolute Gasteiger partial charge is 0.109 e. The molecular formula is C20H18NPS. The highest BCUT2D eigenvalue weighted by Gasteiger charge is 2.39. The van der Waals surface area contributed by atoms with Gasteiger partial charge in [0.2, 0.25) is 0 Å². The van der Waals surface area contributed by atoms with E-state index < -0.39 is 7.26 Å². The molecule has 0 N–H and O–H groups in total. The van der Waals surface area contributed by atoms with E-state index in [2.05, 4.69) is 110 Å². The van der Waals surface area contributed by atoms with Gasteiger partial charge in [-0.15, -0.1) is 0 Å². The third kappa shape index (κ3) is 3.96. The van der Waals surface area contributed by atoms with Crippen molar-refractivity contribution in [3.63, 3.8) is 0 Å². The standard InChI is InChI=1S/C19H18P.CHNS/c1-20(17-11-5-2-6-12-17,18-13-7-3-8-14-18)19-15-9-4-10-16-19;2-1-3/h2-16H,1H3;3H/q+1;/p-1. The Balaban J connectivity index is 0.000000595. The summed E-state index contributed by atoms with van der Waals surface area (Å²) in [6.45, 7) is 2.41. The lowest BCUT2D eigenvalue weighted by Crippen LogP contribution is -2.30. The normalized spacial score (nSPS) is 10.1. The lowest BCUT2D eigenvalue weighted by atomic mass is 10.4. The van der Waals surface area contributed by atoms with Gasteiger partial charge >= 0.3 is 0 Å². The van der Waals surface area contributed by atoms with E-state index in [-0.39, 0.29) is 0 Å². The van der Waals surface area contributed by atoms with E-state index in [1.165, 1.54) is 21.3 Å². The molecule has 0 amide bonds. The van der Waals surface area contributed by atoms with Crippen molar-refractivity contribution in [3.05, 3.63) is 91.0 Å². The average Bonchev–Trinajstić information content (AvgIpc) is 2.64. The van der Waals surface area contributed by atoms with Gasteiger partial charge in [0, 0.05) is 0 Å². The summed E-state index contributed by atoms with van der Waals surface area (Å²) in [5, 5.41) is 12.8. The summed E-state index contributed by atoms with van der Waals surface area (Å²) in [5.41, 5.74) is 0. The highest BCUT2D eigenvalue weighted by molar-refractivity contribution is 7.95.